The number of carbonyl (C=O) groups excluding carboxylic acids is 2. The van der Waals surface area contributed by atoms with Crippen LogP contribution in [0.15, 0.2) is 18.2 Å². The molecule has 0 spiro atoms. The summed E-state index contributed by atoms with van der Waals surface area (Å²) in [6.45, 7) is 0. The van der Waals surface area contributed by atoms with E-state index in [0.29, 0.717) is 11.3 Å². The van der Waals surface area contributed by atoms with Crippen molar-refractivity contribution in [1.82, 2.24) is 0 Å². The number of methoxy groups -OCH3 is 2. The van der Waals surface area contributed by atoms with E-state index in [9.17, 15) is 9.59 Å². The third-order valence-electron chi connectivity index (χ3n) is 2.42. The summed E-state index contributed by atoms with van der Waals surface area (Å²) in [5, 5.41) is 0. The summed E-state index contributed by atoms with van der Waals surface area (Å²) >= 11 is 0. The number of ether oxygens (including phenoxy) is 3. The second-order valence-corrected chi connectivity index (χ2v) is 3.59. The molecule has 1 aromatic rings. The Hall–Kier alpha value is -2.04. The molecule has 0 aromatic heterocycles. The number of esters is 2. The van der Waals surface area contributed by atoms with Crippen molar-refractivity contribution in [3.05, 3.63) is 36.4 Å². The monoisotopic (exact) mass is 251 g/mol. The van der Waals surface area contributed by atoms with Crippen molar-refractivity contribution in [3.8, 4) is 5.75 Å². The van der Waals surface area contributed by atoms with Crippen LogP contribution in [0.5, 0.6) is 5.75 Å². The van der Waals surface area contributed by atoms with Gasteiger partial charge >= 0.3 is 11.9 Å². The Labute approximate surface area is 106 Å². The Morgan fingerprint density at radius 3 is 2.28 bits per heavy atom. The maximum Gasteiger partial charge on any atom is 0.310 e. The minimum Gasteiger partial charge on any atom is -0.490 e. The number of carbonyl (C=O) groups is 2. The van der Waals surface area contributed by atoms with Gasteiger partial charge < -0.3 is 14.2 Å². The molecule has 0 N–H and O–H groups in total. The lowest BCUT2D eigenvalue weighted by Gasteiger charge is -2.09. The van der Waals surface area contributed by atoms with Crippen LogP contribution in [-0.4, -0.2) is 26.2 Å². The van der Waals surface area contributed by atoms with E-state index in [4.69, 9.17) is 4.74 Å². The van der Waals surface area contributed by atoms with Gasteiger partial charge in [0, 0.05) is 5.56 Å². The lowest BCUT2D eigenvalue weighted by molar-refractivity contribution is -0.140. The maximum atomic E-state index is 11.2. The van der Waals surface area contributed by atoms with Gasteiger partial charge in [-0.15, -0.1) is 0 Å². The van der Waals surface area contributed by atoms with Gasteiger partial charge in [-0.3, -0.25) is 9.59 Å². The molecule has 0 unspecified atom stereocenters. The Kier molecular flexibility index (Phi) is 5.17. The van der Waals surface area contributed by atoms with E-state index in [2.05, 4.69) is 16.6 Å². The molecule has 5 nitrogen and oxygen atoms in total. The van der Waals surface area contributed by atoms with Crippen LogP contribution in [0.25, 0.3) is 0 Å². The van der Waals surface area contributed by atoms with Gasteiger partial charge in [-0.05, 0) is 11.6 Å². The molecule has 0 amide bonds. The van der Waals surface area contributed by atoms with Gasteiger partial charge in [-0.2, -0.15) is 0 Å². The van der Waals surface area contributed by atoms with Crippen LogP contribution >= 0.6 is 0 Å². The topological polar surface area (TPSA) is 61.8 Å². The highest BCUT2D eigenvalue weighted by molar-refractivity contribution is 5.75. The van der Waals surface area contributed by atoms with Crippen LogP contribution in [-0.2, 0) is 31.9 Å². The van der Waals surface area contributed by atoms with Crippen LogP contribution in [0, 0.1) is 7.11 Å². The molecule has 0 saturated carbocycles. The average molecular weight is 251 g/mol. The maximum absolute atomic E-state index is 11.2. The lowest BCUT2D eigenvalue weighted by Crippen LogP contribution is -2.08. The number of hydrogen-bond acceptors (Lipinski definition) is 5. The molecule has 18 heavy (non-hydrogen) atoms. The molecule has 0 heterocycles. The highest BCUT2D eigenvalue weighted by Crippen LogP contribution is 2.21. The third-order valence-corrected chi connectivity index (χ3v) is 2.42. The smallest absolute Gasteiger partial charge is 0.310 e. The first-order valence-electron chi connectivity index (χ1n) is 5.28. The van der Waals surface area contributed by atoms with Crippen molar-refractivity contribution >= 4 is 11.9 Å². The van der Waals surface area contributed by atoms with Crippen molar-refractivity contribution in [2.45, 2.75) is 12.8 Å². The summed E-state index contributed by atoms with van der Waals surface area (Å²) in [5.74, 6) is -0.250. The van der Waals surface area contributed by atoms with Crippen LogP contribution in [0.1, 0.15) is 11.1 Å². The second kappa shape index (κ2) is 6.64. The highest BCUT2D eigenvalue weighted by atomic mass is 16.5. The van der Waals surface area contributed by atoms with E-state index in [0.717, 1.165) is 5.56 Å². The first-order valence-corrected chi connectivity index (χ1v) is 5.28. The fourth-order valence-corrected chi connectivity index (χ4v) is 1.49. The van der Waals surface area contributed by atoms with Crippen molar-refractivity contribution in [1.29, 1.82) is 0 Å². The normalized spacial score (nSPS) is 9.72. The molecule has 5 heteroatoms. The van der Waals surface area contributed by atoms with Crippen molar-refractivity contribution < 1.29 is 23.8 Å². The molecule has 0 aliphatic heterocycles. The third kappa shape index (κ3) is 3.76. The predicted octanol–water partition coefficient (Wildman–Crippen LogP) is 1.29. The van der Waals surface area contributed by atoms with Crippen molar-refractivity contribution in [2.75, 3.05) is 14.2 Å². The average Bonchev–Trinajstić information content (AvgIpc) is 2.38. The largest absolute Gasteiger partial charge is 0.490 e. The first-order chi connectivity index (χ1) is 8.60. The molecule has 0 saturated heterocycles. The molecule has 97 valence electrons. The molecule has 1 radical (unpaired) electrons. The van der Waals surface area contributed by atoms with Crippen molar-refractivity contribution in [2.24, 2.45) is 0 Å². The number of hydrogen-bond donors (Lipinski definition) is 0. The van der Waals surface area contributed by atoms with Gasteiger partial charge in [0.2, 0.25) is 0 Å². The zero-order chi connectivity index (χ0) is 13.5. The Balaban J connectivity index is 2.94. The van der Waals surface area contributed by atoms with E-state index >= 15 is 0 Å². The molecule has 0 aliphatic rings. The van der Waals surface area contributed by atoms with Crippen LogP contribution < -0.4 is 4.74 Å². The molecule has 0 aliphatic carbocycles. The van der Waals surface area contributed by atoms with Gasteiger partial charge in [0.25, 0.3) is 0 Å². The quantitative estimate of drug-likeness (QED) is 0.738. The number of benzene rings is 1. The van der Waals surface area contributed by atoms with Crippen LogP contribution in [0.2, 0.25) is 0 Å². The van der Waals surface area contributed by atoms with Gasteiger partial charge in [0.1, 0.15) is 12.9 Å². The summed E-state index contributed by atoms with van der Waals surface area (Å²) in [6.07, 6.45) is 0.207. The van der Waals surface area contributed by atoms with Crippen molar-refractivity contribution in [3.63, 3.8) is 0 Å². The van der Waals surface area contributed by atoms with E-state index in [1.165, 1.54) is 14.2 Å². The zero-order valence-corrected chi connectivity index (χ0v) is 10.4. The standard InChI is InChI=1S/C13H15O5/c1-16-11-5-4-9(7-12(14)17-2)6-10(11)8-13(15)18-3/h4-6H,1,7-8H2,2-3H3. The summed E-state index contributed by atoms with van der Waals surface area (Å²) in [4.78, 5) is 22.4. The fourth-order valence-electron chi connectivity index (χ4n) is 1.49. The summed E-state index contributed by atoms with van der Waals surface area (Å²) in [6, 6.07) is 5.08. The SMILES string of the molecule is [CH2]Oc1ccc(CC(=O)OC)cc1CC(=O)OC. The molecule has 0 fully saturated rings. The zero-order valence-electron chi connectivity index (χ0n) is 10.4. The van der Waals surface area contributed by atoms with Gasteiger partial charge in [0.05, 0.1) is 27.1 Å². The minimum absolute atomic E-state index is 0.0658. The molecule has 0 bridgehead atoms. The van der Waals surface area contributed by atoms with Crippen LogP contribution in [0.3, 0.4) is 0 Å². The molecule has 0 atom stereocenters. The van der Waals surface area contributed by atoms with Gasteiger partial charge in [0.15, 0.2) is 0 Å². The minimum atomic E-state index is -0.386. The lowest BCUT2D eigenvalue weighted by atomic mass is 10.0. The molecule has 1 rings (SSSR count). The highest BCUT2D eigenvalue weighted by Gasteiger charge is 2.11. The molecule has 1 aromatic carbocycles. The Bertz CT molecular complexity index is 439. The summed E-state index contributed by atoms with van der Waals surface area (Å²) in [5.41, 5.74) is 1.36. The van der Waals surface area contributed by atoms with E-state index in [1.807, 2.05) is 0 Å². The summed E-state index contributed by atoms with van der Waals surface area (Å²) in [7, 11) is 5.95. The van der Waals surface area contributed by atoms with Gasteiger partial charge in [-0.1, -0.05) is 12.1 Å². The number of rotatable bonds is 5. The van der Waals surface area contributed by atoms with E-state index in [-0.39, 0.29) is 24.8 Å². The molecular formula is C13H15O5. The fraction of sp³-hybridized carbons (Fsp3) is 0.308. The van der Waals surface area contributed by atoms with E-state index in [1.54, 1.807) is 18.2 Å². The summed E-state index contributed by atoms with van der Waals surface area (Å²) < 4.78 is 14.1. The predicted molar refractivity (Wildman–Crippen MR) is 63.9 cm³/mol. The van der Waals surface area contributed by atoms with Crippen LogP contribution in [0.4, 0.5) is 0 Å². The first kappa shape index (κ1) is 14.0. The van der Waals surface area contributed by atoms with E-state index < -0.39 is 0 Å². The Morgan fingerprint density at radius 1 is 1.11 bits per heavy atom. The second-order valence-electron chi connectivity index (χ2n) is 3.59. The van der Waals surface area contributed by atoms with Gasteiger partial charge in [-0.25, -0.2) is 0 Å². The molecular weight excluding hydrogens is 236 g/mol. The Morgan fingerprint density at radius 2 is 1.72 bits per heavy atom.